The third-order valence-electron chi connectivity index (χ3n) is 3.70. The van der Waals surface area contributed by atoms with E-state index in [0.717, 1.165) is 11.4 Å². The lowest BCUT2D eigenvalue weighted by molar-refractivity contribution is -0.385. The van der Waals surface area contributed by atoms with Gasteiger partial charge < -0.3 is 11.1 Å². The number of rotatable bonds is 6. The van der Waals surface area contributed by atoms with Gasteiger partial charge in [0.1, 0.15) is 5.56 Å². The highest BCUT2D eigenvalue weighted by molar-refractivity contribution is 6.03. The summed E-state index contributed by atoms with van der Waals surface area (Å²) < 4.78 is 1.88. The van der Waals surface area contributed by atoms with E-state index in [0.29, 0.717) is 13.1 Å². The van der Waals surface area contributed by atoms with Gasteiger partial charge in [-0.05, 0) is 31.9 Å². The lowest BCUT2D eigenvalue weighted by Gasteiger charge is -2.14. The zero-order valence-corrected chi connectivity index (χ0v) is 13.9. The van der Waals surface area contributed by atoms with Crippen LogP contribution in [0.2, 0.25) is 0 Å². The number of nitro benzene ring substituents is 1. The summed E-state index contributed by atoms with van der Waals surface area (Å²) >= 11 is 0. The number of anilines is 1. The van der Waals surface area contributed by atoms with Gasteiger partial charge in [0, 0.05) is 24.8 Å². The van der Waals surface area contributed by atoms with E-state index in [4.69, 9.17) is 5.73 Å². The Morgan fingerprint density at radius 1 is 1.46 bits per heavy atom. The van der Waals surface area contributed by atoms with Gasteiger partial charge in [-0.2, -0.15) is 5.10 Å². The minimum atomic E-state index is -0.607. The van der Waals surface area contributed by atoms with Crippen LogP contribution >= 0.6 is 0 Å². The molecule has 0 radical (unpaired) electrons. The Hall–Kier alpha value is -2.90. The van der Waals surface area contributed by atoms with Crippen molar-refractivity contribution in [2.75, 3.05) is 12.3 Å². The molecule has 1 aromatic heterocycles. The first-order chi connectivity index (χ1) is 11.3. The number of nitrogens with two attached hydrogens (primary N) is 1. The molecule has 1 atom stereocenters. The average Bonchev–Trinajstić information content (AvgIpc) is 2.82. The van der Waals surface area contributed by atoms with Crippen molar-refractivity contribution in [3.05, 3.63) is 51.3 Å². The molecular formula is C16H21N5O3. The van der Waals surface area contributed by atoms with Crippen molar-refractivity contribution < 1.29 is 9.72 Å². The minimum absolute atomic E-state index is 0.0906. The number of hydrogen-bond acceptors (Lipinski definition) is 5. The molecule has 24 heavy (non-hydrogen) atoms. The highest BCUT2D eigenvalue weighted by Gasteiger charge is 2.23. The van der Waals surface area contributed by atoms with Gasteiger partial charge in [-0.15, -0.1) is 0 Å². The molecule has 1 heterocycles. The fraction of sp³-hybridized carbons (Fsp3) is 0.375. The Morgan fingerprint density at radius 3 is 2.75 bits per heavy atom. The van der Waals surface area contributed by atoms with Crippen LogP contribution in [0.25, 0.3) is 0 Å². The Morgan fingerprint density at radius 2 is 2.17 bits per heavy atom. The van der Waals surface area contributed by atoms with Gasteiger partial charge in [-0.1, -0.05) is 13.0 Å². The molecule has 2 rings (SSSR count). The van der Waals surface area contributed by atoms with E-state index in [1.54, 1.807) is 0 Å². The van der Waals surface area contributed by atoms with Gasteiger partial charge in [-0.3, -0.25) is 19.6 Å². The number of carbonyl (C=O) groups excluding carboxylic acids is 1. The van der Waals surface area contributed by atoms with Gasteiger partial charge >= 0.3 is 0 Å². The van der Waals surface area contributed by atoms with Crippen LogP contribution in [0, 0.1) is 29.9 Å². The third-order valence-corrected chi connectivity index (χ3v) is 3.70. The number of nitrogen functional groups attached to an aromatic ring is 1. The molecule has 0 saturated heterocycles. The lowest BCUT2D eigenvalue weighted by Crippen LogP contribution is -2.31. The molecule has 0 unspecified atom stereocenters. The topological polar surface area (TPSA) is 116 Å². The molecule has 8 heteroatoms. The summed E-state index contributed by atoms with van der Waals surface area (Å²) in [5.41, 5.74) is 7.43. The number of aryl methyl sites for hydroxylation is 2. The fourth-order valence-corrected chi connectivity index (χ4v) is 2.53. The number of benzene rings is 1. The summed E-state index contributed by atoms with van der Waals surface area (Å²) in [5, 5.41) is 18.2. The van der Waals surface area contributed by atoms with Crippen LogP contribution in [0.4, 0.5) is 11.4 Å². The van der Waals surface area contributed by atoms with Crippen molar-refractivity contribution >= 4 is 17.3 Å². The van der Waals surface area contributed by atoms with Gasteiger partial charge in [0.2, 0.25) is 0 Å². The van der Waals surface area contributed by atoms with Crippen LogP contribution < -0.4 is 11.1 Å². The van der Waals surface area contributed by atoms with E-state index < -0.39 is 10.8 Å². The third kappa shape index (κ3) is 3.89. The second kappa shape index (κ2) is 7.12. The van der Waals surface area contributed by atoms with Crippen LogP contribution in [0.15, 0.2) is 24.3 Å². The second-order valence-corrected chi connectivity index (χ2v) is 5.92. The number of nitrogens with one attached hydrogen (secondary N) is 1. The Labute approximate surface area is 139 Å². The molecule has 0 saturated carbocycles. The normalized spacial score (nSPS) is 12.0. The summed E-state index contributed by atoms with van der Waals surface area (Å²) in [6, 6.07) is 6.18. The highest BCUT2D eigenvalue weighted by Crippen LogP contribution is 2.23. The van der Waals surface area contributed by atoms with Crippen molar-refractivity contribution in [2.45, 2.75) is 27.3 Å². The first-order valence-corrected chi connectivity index (χ1v) is 7.61. The first-order valence-electron chi connectivity index (χ1n) is 7.61. The number of amides is 1. The molecule has 0 fully saturated rings. The van der Waals surface area contributed by atoms with E-state index >= 15 is 0 Å². The number of nitro groups is 1. The van der Waals surface area contributed by atoms with Crippen molar-refractivity contribution in [3.8, 4) is 0 Å². The Kier molecular flexibility index (Phi) is 5.18. The smallest absolute Gasteiger partial charge is 0.284 e. The van der Waals surface area contributed by atoms with Crippen molar-refractivity contribution in [1.82, 2.24) is 15.1 Å². The van der Waals surface area contributed by atoms with Gasteiger partial charge in [0.25, 0.3) is 11.6 Å². The SMILES string of the molecule is Cc1cc(C)n(C[C@H](C)CNC(=O)c2c(N)cccc2[N+](=O)[O-])n1. The Balaban J connectivity index is 2.03. The zero-order valence-electron chi connectivity index (χ0n) is 13.9. The predicted octanol–water partition coefficient (Wildman–Crippen LogP) is 2.06. The zero-order chi connectivity index (χ0) is 17.9. The standard InChI is InChI=1S/C16H21N5O3/c1-10(9-20-12(3)7-11(2)19-20)8-18-16(22)15-13(17)5-4-6-14(15)21(23)24/h4-7,10H,8-9,17H2,1-3H3,(H,18,22)/t10-/m1/s1. The molecule has 0 aliphatic heterocycles. The minimum Gasteiger partial charge on any atom is -0.398 e. The summed E-state index contributed by atoms with van der Waals surface area (Å²) in [5.74, 6) is -0.434. The van der Waals surface area contributed by atoms with Crippen LogP contribution in [0.1, 0.15) is 28.7 Å². The molecule has 3 N–H and O–H groups in total. The molecule has 0 aliphatic carbocycles. The van der Waals surface area contributed by atoms with E-state index in [1.165, 1.54) is 18.2 Å². The monoisotopic (exact) mass is 331 g/mol. The number of carbonyl (C=O) groups is 1. The van der Waals surface area contributed by atoms with Crippen LogP contribution in [0.5, 0.6) is 0 Å². The average molecular weight is 331 g/mol. The van der Waals surface area contributed by atoms with E-state index in [-0.39, 0.29) is 22.9 Å². The molecule has 0 spiro atoms. The first kappa shape index (κ1) is 17.5. The molecule has 1 aromatic carbocycles. The molecule has 0 bridgehead atoms. The summed E-state index contributed by atoms with van der Waals surface area (Å²) in [7, 11) is 0. The van der Waals surface area contributed by atoms with Crippen LogP contribution in [0.3, 0.4) is 0 Å². The van der Waals surface area contributed by atoms with Gasteiger partial charge in [-0.25, -0.2) is 0 Å². The second-order valence-electron chi connectivity index (χ2n) is 5.92. The maximum Gasteiger partial charge on any atom is 0.284 e. The molecule has 0 aliphatic rings. The number of hydrogen-bond donors (Lipinski definition) is 2. The largest absolute Gasteiger partial charge is 0.398 e. The lowest BCUT2D eigenvalue weighted by atomic mass is 10.1. The quantitative estimate of drug-likeness (QED) is 0.477. The van der Waals surface area contributed by atoms with Crippen molar-refractivity contribution in [3.63, 3.8) is 0 Å². The summed E-state index contributed by atoms with van der Waals surface area (Å²) in [6.07, 6.45) is 0. The van der Waals surface area contributed by atoms with E-state index in [1.807, 2.05) is 31.5 Å². The molecule has 2 aromatic rings. The fourth-order valence-electron chi connectivity index (χ4n) is 2.53. The van der Waals surface area contributed by atoms with Gasteiger partial charge in [0.05, 0.1) is 16.3 Å². The number of nitrogens with zero attached hydrogens (tertiary/aromatic N) is 3. The molecule has 128 valence electrons. The van der Waals surface area contributed by atoms with E-state index in [9.17, 15) is 14.9 Å². The maximum atomic E-state index is 12.3. The summed E-state index contributed by atoms with van der Waals surface area (Å²) in [4.78, 5) is 22.8. The molecule has 1 amide bonds. The Bertz CT molecular complexity index is 769. The van der Waals surface area contributed by atoms with E-state index in [2.05, 4.69) is 10.4 Å². The predicted molar refractivity (Wildman–Crippen MR) is 90.7 cm³/mol. The van der Waals surface area contributed by atoms with Crippen LogP contribution in [-0.2, 0) is 6.54 Å². The maximum absolute atomic E-state index is 12.3. The van der Waals surface area contributed by atoms with Crippen molar-refractivity contribution in [1.29, 1.82) is 0 Å². The van der Waals surface area contributed by atoms with Crippen LogP contribution in [-0.4, -0.2) is 27.2 Å². The molecular weight excluding hydrogens is 310 g/mol. The number of aromatic nitrogens is 2. The summed E-state index contributed by atoms with van der Waals surface area (Å²) in [6.45, 7) is 6.88. The van der Waals surface area contributed by atoms with Crippen molar-refractivity contribution in [2.24, 2.45) is 5.92 Å². The molecule has 8 nitrogen and oxygen atoms in total. The van der Waals surface area contributed by atoms with Gasteiger partial charge in [0.15, 0.2) is 0 Å². The highest BCUT2D eigenvalue weighted by atomic mass is 16.6.